The Morgan fingerprint density at radius 2 is 1.69 bits per heavy atom. The summed E-state index contributed by atoms with van der Waals surface area (Å²) >= 11 is 0. The molecule has 1 aliphatic rings. The van der Waals surface area contributed by atoms with Crippen molar-refractivity contribution in [2.75, 3.05) is 0 Å². The number of amides is 1. The van der Waals surface area contributed by atoms with Gasteiger partial charge < -0.3 is 5.11 Å². The van der Waals surface area contributed by atoms with Crippen LogP contribution in [-0.2, 0) is 4.79 Å². The lowest BCUT2D eigenvalue weighted by Crippen LogP contribution is -2.26. The van der Waals surface area contributed by atoms with Crippen molar-refractivity contribution in [2.45, 2.75) is 51.0 Å². The van der Waals surface area contributed by atoms with Crippen molar-refractivity contribution >= 4 is 11.6 Å². The summed E-state index contributed by atoms with van der Waals surface area (Å²) < 4.78 is 0. The molecule has 0 heterocycles. The Labute approximate surface area is 155 Å². The van der Waals surface area contributed by atoms with Gasteiger partial charge in [-0.2, -0.15) is 5.10 Å². The number of rotatable bonds is 5. The van der Waals surface area contributed by atoms with Gasteiger partial charge >= 0.3 is 0 Å². The molecule has 0 aromatic heterocycles. The Bertz CT molecular complexity index is 747. The van der Waals surface area contributed by atoms with Crippen molar-refractivity contribution in [1.29, 1.82) is 0 Å². The van der Waals surface area contributed by atoms with Gasteiger partial charge in [-0.15, -0.1) is 0 Å². The van der Waals surface area contributed by atoms with E-state index in [1.54, 1.807) is 24.3 Å². The standard InChI is InChI=1S/C22H26N2O2/c1-16(23-24-22(26)21(25)20-10-6-3-7-11-20)17-12-14-19(15-13-17)18-8-4-2-5-9-18/h3,6-7,10-15,18,21,25H,2,4-5,8-9H2,1H3,(H,24,26). The molecule has 1 saturated carbocycles. The van der Waals surface area contributed by atoms with Crippen LogP contribution in [0.2, 0.25) is 0 Å². The molecule has 1 amide bonds. The maximum absolute atomic E-state index is 12.1. The van der Waals surface area contributed by atoms with Crippen LogP contribution >= 0.6 is 0 Å². The maximum Gasteiger partial charge on any atom is 0.273 e. The number of hydrogen-bond acceptors (Lipinski definition) is 3. The van der Waals surface area contributed by atoms with Gasteiger partial charge in [-0.1, -0.05) is 73.9 Å². The highest BCUT2D eigenvalue weighted by molar-refractivity contribution is 5.99. The van der Waals surface area contributed by atoms with Crippen LogP contribution in [0.25, 0.3) is 0 Å². The molecule has 136 valence electrons. The number of benzene rings is 2. The minimum atomic E-state index is -1.22. The van der Waals surface area contributed by atoms with Crippen LogP contribution < -0.4 is 5.43 Å². The lowest BCUT2D eigenvalue weighted by molar-refractivity contribution is -0.129. The second kappa shape index (κ2) is 8.77. The summed E-state index contributed by atoms with van der Waals surface area (Å²) in [6.45, 7) is 1.85. The lowest BCUT2D eigenvalue weighted by Gasteiger charge is -2.22. The molecule has 2 aromatic rings. The first kappa shape index (κ1) is 18.3. The molecule has 26 heavy (non-hydrogen) atoms. The Morgan fingerprint density at radius 3 is 2.35 bits per heavy atom. The van der Waals surface area contributed by atoms with E-state index in [0.717, 1.165) is 5.56 Å². The summed E-state index contributed by atoms with van der Waals surface area (Å²) in [6.07, 6.45) is 5.33. The van der Waals surface area contributed by atoms with Gasteiger partial charge in [0.25, 0.3) is 5.91 Å². The van der Waals surface area contributed by atoms with Gasteiger partial charge in [0.1, 0.15) is 0 Å². The van der Waals surface area contributed by atoms with Crippen molar-refractivity contribution in [3.8, 4) is 0 Å². The predicted octanol–water partition coefficient (Wildman–Crippen LogP) is 4.31. The minimum Gasteiger partial charge on any atom is -0.378 e. The first-order valence-corrected chi connectivity index (χ1v) is 9.32. The van der Waals surface area contributed by atoms with Crippen LogP contribution in [0.15, 0.2) is 59.7 Å². The van der Waals surface area contributed by atoms with Crippen molar-refractivity contribution in [2.24, 2.45) is 5.10 Å². The molecule has 1 fully saturated rings. The van der Waals surface area contributed by atoms with E-state index in [2.05, 4.69) is 34.8 Å². The third-order valence-corrected chi connectivity index (χ3v) is 5.10. The summed E-state index contributed by atoms with van der Waals surface area (Å²) in [6, 6.07) is 17.3. The number of aliphatic hydroxyl groups is 1. The molecule has 2 aromatic carbocycles. The number of nitrogens with one attached hydrogen (secondary N) is 1. The van der Waals surface area contributed by atoms with E-state index in [-0.39, 0.29) is 0 Å². The quantitative estimate of drug-likeness (QED) is 0.623. The molecule has 3 rings (SSSR count). The highest BCUT2D eigenvalue weighted by Crippen LogP contribution is 2.32. The van der Waals surface area contributed by atoms with Crippen LogP contribution in [0.3, 0.4) is 0 Å². The molecule has 1 aliphatic carbocycles. The molecule has 2 N–H and O–H groups in total. The Kier molecular flexibility index (Phi) is 6.18. The molecule has 0 bridgehead atoms. The fraction of sp³-hybridized carbons (Fsp3) is 0.364. The summed E-state index contributed by atoms with van der Waals surface area (Å²) in [5.74, 6) is 0.144. The number of nitrogens with zero attached hydrogens (tertiary/aromatic N) is 1. The average molecular weight is 350 g/mol. The smallest absolute Gasteiger partial charge is 0.273 e. The predicted molar refractivity (Wildman–Crippen MR) is 104 cm³/mol. The number of carbonyl (C=O) groups excluding carboxylic acids is 1. The molecule has 0 aliphatic heterocycles. The van der Waals surface area contributed by atoms with E-state index >= 15 is 0 Å². The van der Waals surface area contributed by atoms with Crippen molar-refractivity contribution < 1.29 is 9.90 Å². The molecule has 0 saturated heterocycles. The molecule has 1 unspecified atom stereocenters. The van der Waals surface area contributed by atoms with Gasteiger partial charge in [-0.25, -0.2) is 5.43 Å². The van der Waals surface area contributed by atoms with E-state index in [1.165, 1.54) is 37.7 Å². The number of aliphatic hydroxyl groups excluding tert-OH is 1. The fourth-order valence-electron chi connectivity index (χ4n) is 3.48. The van der Waals surface area contributed by atoms with E-state index in [4.69, 9.17) is 0 Å². The van der Waals surface area contributed by atoms with Crippen LogP contribution in [0, 0.1) is 0 Å². The Morgan fingerprint density at radius 1 is 1.04 bits per heavy atom. The highest BCUT2D eigenvalue weighted by atomic mass is 16.3. The van der Waals surface area contributed by atoms with Crippen LogP contribution in [0.5, 0.6) is 0 Å². The molecular formula is C22H26N2O2. The third kappa shape index (κ3) is 4.58. The largest absolute Gasteiger partial charge is 0.378 e. The zero-order valence-electron chi connectivity index (χ0n) is 15.2. The second-order valence-electron chi connectivity index (χ2n) is 6.94. The second-order valence-corrected chi connectivity index (χ2v) is 6.94. The lowest BCUT2D eigenvalue weighted by atomic mass is 9.84. The molecule has 0 radical (unpaired) electrons. The van der Waals surface area contributed by atoms with Gasteiger partial charge in [-0.05, 0) is 42.4 Å². The van der Waals surface area contributed by atoms with Gasteiger partial charge in [0.15, 0.2) is 6.10 Å². The number of carbonyl (C=O) groups is 1. The first-order valence-electron chi connectivity index (χ1n) is 9.32. The van der Waals surface area contributed by atoms with Gasteiger partial charge in [0.2, 0.25) is 0 Å². The van der Waals surface area contributed by atoms with Crippen LogP contribution in [0.1, 0.15) is 67.7 Å². The van der Waals surface area contributed by atoms with Gasteiger partial charge in [-0.3, -0.25) is 4.79 Å². The van der Waals surface area contributed by atoms with E-state index in [0.29, 0.717) is 17.2 Å². The zero-order valence-corrected chi connectivity index (χ0v) is 15.2. The van der Waals surface area contributed by atoms with Crippen molar-refractivity contribution in [3.05, 3.63) is 71.3 Å². The Hall–Kier alpha value is -2.46. The number of hydrogen-bond donors (Lipinski definition) is 2. The van der Waals surface area contributed by atoms with Crippen LogP contribution in [0.4, 0.5) is 0 Å². The monoisotopic (exact) mass is 350 g/mol. The molecule has 4 heteroatoms. The van der Waals surface area contributed by atoms with E-state index in [9.17, 15) is 9.90 Å². The molecular weight excluding hydrogens is 324 g/mol. The van der Waals surface area contributed by atoms with Gasteiger partial charge in [0, 0.05) is 0 Å². The maximum atomic E-state index is 12.1. The first-order chi connectivity index (χ1) is 12.6. The summed E-state index contributed by atoms with van der Waals surface area (Å²) in [5.41, 5.74) is 6.09. The molecule has 0 spiro atoms. The van der Waals surface area contributed by atoms with Crippen LogP contribution in [-0.4, -0.2) is 16.7 Å². The SMILES string of the molecule is CC(=NNC(=O)C(O)c1ccccc1)c1ccc(C2CCCCC2)cc1. The summed E-state index contributed by atoms with van der Waals surface area (Å²) in [7, 11) is 0. The van der Waals surface area contributed by atoms with Gasteiger partial charge in [0.05, 0.1) is 5.71 Å². The molecule has 1 atom stereocenters. The number of hydrazone groups is 1. The van der Waals surface area contributed by atoms with E-state index in [1.807, 2.05) is 13.0 Å². The molecule has 4 nitrogen and oxygen atoms in total. The highest BCUT2D eigenvalue weighted by Gasteiger charge is 2.17. The summed E-state index contributed by atoms with van der Waals surface area (Å²) in [5, 5.41) is 14.2. The topological polar surface area (TPSA) is 61.7 Å². The Balaban J connectivity index is 1.61. The van der Waals surface area contributed by atoms with Crippen molar-refractivity contribution in [3.63, 3.8) is 0 Å². The average Bonchev–Trinajstić information content (AvgIpc) is 2.72. The van der Waals surface area contributed by atoms with E-state index < -0.39 is 12.0 Å². The minimum absolute atomic E-state index is 0.533. The third-order valence-electron chi connectivity index (χ3n) is 5.10. The normalized spacial score (nSPS) is 16.9. The fourth-order valence-corrected chi connectivity index (χ4v) is 3.48. The van der Waals surface area contributed by atoms with Crippen molar-refractivity contribution in [1.82, 2.24) is 5.43 Å². The summed E-state index contributed by atoms with van der Waals surface area (Å²) in [4.78, 5) is 12.1. The zero-order chi connectivity index (χ0) is 18.4.